The van der Waals surface area contributed by atoms with E-state index >= 15 is 0 Å². The minimum Gasteiger partial charge on any atom is -0.507 e. The van der Waals surface area contributed by atoms with E-state index in [1.807, 2.05) is 10.6 Å². The van der Waals surface area contributed by atoms with E-state index in [1.54, 1.807) is 24.3 Å². The van der Waals surface area contributed by atoms with Crippen LogP contribution in [0.4, 0.5) is 10.5 Å². The molecule has 0 saturated carbocycles. The zero-order valence-corrected chi connectivity index (χ0v) is 17.5. The first-order valence-electron chi connectivity index (χ1n) is 7.93. The van der Waals surface area contributed by atoms with Gasteiger partial charge in [0.25, 0.3) is 5.91 Å². The van der Waals surface area contributed by atoms with Gasteiger partial charge in [0, 0.05) is 27.5 Å². The summed E-state index contributed by atoms with van der Waals surface area (Å²) in [5.41, 5.74) is 0.441. The Morgan fingerprint density at radius 1 is 0.821 bits per heavy atom. The molecule has 0 aliphatic rings. The second-order valence-electron chi connectivity index (χ2n) is 5.55. The lowest BCUT2D eigenvalue weighted by Gasteiger charge is -2.08. The Morgan fingerprint density at radius 2 is 1.43 bits per heavy atom. The van der Waals surface area contributed by atoms with Gasteiger partial charge >= 0.3 is 6.03 Å². The molecule has 10 heteroatoms. The number of carbonyl (C=O) groups is 4. The van der Waals surface area contributed by atoms with Gasteiger partial charge in [0.2, 0.25) is 11.8 Å². The van der Waals surface area contributed by atoms with E-state index in [2.05, 4.69) is 37.2 Å². The maximum absolute atomic E-state index is 12.0. The van der Waals surface area contributed by atoms with Crippen LogP contribution in [0.15, 0.2) is 51.4 Å². The Kier molecular flexibility index (Phi) is 7.70. The van der Waals surface area contributed by atoms with E-state index in [1.165, 1.54) is 18.2 Å². The molecule has 0 unspecified atom stereocenters. The molecule has 0 aromatic heterocycles. The Morgan fingerprint density at radius 3 is 2.11 bits per heavy atom. The van der Waals surface area contributed by atoms with Gasteiger partial charge in [0.15, 0.2) is 0 Å². The van der Waals surface area contributed by atoms with Crippen LogP contribution in [0.1, 0.15) is 23.2 Å². The summed E-state index contributed by atoms with van der Waals surface area (Å²) in [6.45, 7) is 0. The van der Waals surface area contributed by atoms with Crippen LogP contribution in [0, 0.1) is 0 Å². The molecule has 0 heterocycles. The molecule has 0 aliphatic carbocycles. The molecule has 2 rings (SSSR count). The van der Waals surface area contributed by atoms with E-state index in [0.717, 1.165) is 4.47 Å². The SMILES string of the molecule is O=C(CCC(=O)Nc1ccc(Br)cc1)NC(=O)NC(=O)c1cc(Br)ccc1O. The Labute approximate surface area is 177 Å². The minimum absolute atomic E-state index is 0.133. The third-order valence-corrected chi connectivity index (χ3v) is 4.41. The first-order chi connectivity index (χ1) is 13.2. The highest BCUT2D eigenvalue weighted by atomic mass is 79.9. The normalized spacial score (nSPS) is 10.1. The number of benzene rings is 2. The zero-order valence-electron chi connectivity index (χ0n) is 14.3. The van der Waals surface area contributed by atoms with Gasteiger partial charge in [-0.1, -0.05) is 31.9 Å². The summed E-state index contributed by atoms with van der Waals surface area (Å²) in [7, 11) is 0. The number of imide groups is 2. The molecular formula is C18H15Br2N3O5. The van der Waals surface area contributed by atoms with Crippen molar-refractivity contribution >= 4 is 61.3 Å². The van der Waals surface area contributed by atoms with Crippen molar-refractivity contribution in [3.05, 3.63) is 57.0 Å². The number of hydrogen-bond acceptors (Lipinski definition) is 5. The number of amides is 5. The lowest BCUT2D eigenvalue weighted by molar-refractivity contribution is -0.123. The van der Waals surface area contributed by atoms with Crippen molar-refractivity contribution in [2.75, 3.05) is 5.32 Å². The van der Waals surface area contributed by atoms with Crippen LogP contribution in [0.25, 0.3) is 0 Å². The van der Waals surface area contributed by atoms with E-state index in [0.29, 0.717) is 10.2 Å². The maximum Gasteiger partial charge on any atom is 0.328 e. The maximum atomic E-state index is 12.0. The Hall–Kier alpha value is -2.72. The van der Waals surface area contributed by atoms with Crippen molar-refractivity contribution in [2.45, 2.75) is 12.8 Å². The molecule has 0 fully saturated rings. The highest BCUT2D eigenvalue weighted by Gasteiger charge is 2.17. The predicted octanol–water partition coefficient (Wildman–Crippen LogP) is 3.30. The molecule has 28 heavy (non-hydrogen) atoms. The molecule has 0 atom stereocenters. The standard InChI is InChI=1S/C18H15Br2N3O5/c19-10-1-4-12(5-2-10)21-15(25)7-8-16(26)22-18(28)23-17(27)13-9-11(20)3-6-14(13)24/h1-6,9,24H,7-8H2,(H,21,25)(H2,22,23,26,27,28). The fraction of sp³-hybridized carbons (Fsp3) is 0.111. The van der Waals surface area contributed by atoms with E-state index < -0.39 is 23.8 Å². The molecular weight excluding hydrogens is 498 g/mol. The van der Waals surface area contributed by atoms with Gasteiger partial charge in [0.05, 0.1) is 5.56 Å². The Balaban J connectivity index is 1.78. The van der Waals surface area contributed by atoms with Gasteiger partial charge in [-0.15, -0.1) is 0 Å². The second-order valence-corrected chi connectivity index (χ2v) is 7.38. The van der Waals surface area contributed by atoms with Crippen molar-refractivity contribution in [3.8, 4) is 5.75 Å². The number of phenols is 1. The van der Waals surface area contributed by atoms with Gasteiger partial charge in [-0.3, -0.25) is 25.0 Å². The van der Waals surface area contributed by atoms with Crippen LogP contribution in [-0.4, -0.2) is 28.9 Å². The van der Waals surface area contributed by atoms with Gasteiger partial charge in [-0.2, -0.15) is 0 Å². The molecule has 0 spiro atoms. The van der Waals surface area contributed by atoms with Crippen LogP contribution >= 0.6 is 31.9 Å². The molecule has 5 amide bonds. The fourth-order valence-electron chi connectivity index (χ4n) is 2.06. The quantitative estimate of drug-likeness (QED) is 0.489. The lowest BCUT2D eigenvalue weighted by Crippen LogP contribution is -2.42. The van der Waals surface area contributed by atoms with Gasteiger partial charge in [-0.25, -0.2) is 4.79 Å². The fourth-order valence-corrected chi connectivity index (χ4v) is 2.69. The smallest absolute Gasteiger partial charge is 0.328 e. The Bertz CT molecular complexity index is 916. The molecule has 8 nitrogen and oxygen atoms in total. The molecule has 2 aromatic carbocycles. The van der Waals surface area contributed by atoms with Crippen molar-refractivity contribution in [2.24, 2.45) is 0 Å². The minimum atomic E-state index is -1.05. The average Bonchev–Trinajstić information content (AvgIpc) is 2.63. The number of aromatic hydroxyl groups is 1. The molecule has 0 saturated heterocycles. The van der Waals surface area contributed by atoms with Gasteiger partial charge in [0.1, 0.15) is 5.75 Å². The highest BCUT2D eigenvalue weighted by molar-refractivity contribution is 9.10. The average molecular weight is 513 g/mol. The number of carbonyl (C=O) groups excluding carboxylic acids is 4. The number of anilines is 1. The summed E-state index contributed by atoms with van der Waals surface area (Å²) >= 11 is 6.43. The molecule has 4 N–H and O–H groups in total. The summed E-state index contributed by atoms with van der Waals surface area (Å²) in [5.74, 6) is -2.32. The van der Waals surface area contributed by atoms with E-state index in [-0.39, 0.29) is 24.2 Å². The van der Waals surface area contributed by atoms with Crippen LogP contribution in [0.2, 0.25) is 0 Å². The monoisotopic (exact) mass is 511 g/mol. The highest BCUT2D eigenvalue weighted by Crippen LogP contribution is 2.21. The summed E-state index contributed by atoms with van der Waals surface area (Å²) in [5, 5.41) is 16.2. The number of phenolic OH excluding ortho intramolecular Hbond substituents is 1. The van der Waals surface area contributed by atoms with Gasteiger partial charge in [-0.05, 0) is 42.5 Å². The van der Waals surface area contributed by atoms with Crippen molar-refractivity contribution in [3.63, 3.8) is 0 Å². The number of nitrogens with one attached hydrogen (secondary N) is 3. The summed E-state index contributed by atoms with van der Waals surface area (Å²) < 4.78 is 1.39. The summed E-state index contributed by atoms with van der Waals surface area (Å²) in [6, 6.07) is 9.98. The van der Waals surface area contributed by atoms with Crippen LogP contribution in [0.5, 0.6) is 5.75 Å². The summed E-state index contributed by atoms with van der Waals surface area (Å²) in [6.07, 6.45) is -0.387. The topological polar surface area (TPSA) is 125 Å². The number of urea groups is 1. The first-order valence-corrected chi connectivity index (χ1v) is 9.52. The van der Waals surface area contributed by atoms with Crippen molar-refractivity contribution in [1.82, 2.24) is 10.6 Å². The lowest BCUT2D eigenvalue weighted by atomic mass is 10.2. The molecule has 0 aliphatic heterocycles. The van der Waals surface area contributed by atoms with Crippen molar-refractivity contribution < 1.29 is 24.3 Å². The molecule has 2 aromatic rings. The predicted molar refractivity (Wildman–Crippen MR) is 109 cm³/mol. The first kappa shape index (κ1) is 21.6. The third kappa shape index (κ3) is 6.78. The second kappa shape index (κ2) is 10.00. The number of halogens is 2. The van der Waals surface area contributed by atoms with E-state index in [9.17, 15) is 24.3 Å². The zero-order chi connectivity index (χ0) is 20.7. The van der Waals surface area contributed by atoms with Crippen molar-refractivity contribution in [1.29, 1.82) is 0 Å². The van der Waals surface area contributed by atoms with Crippen LogP contribution < -0.4 is 16.0 Å². The van der Waals surface area contributed by atoms with Crippen LogP contribution in [-0.2, 0) is 9.59 Å². The third-order valence-electron chi connectivity index (χ3n) is 3.39. The van der Waals surface area contributed by atoms with Gasteiger partial charge < -0.3 is 10.4 Å². The largest absolute Gasteiger partial charge is 0.507 e. The number of hydrogen-bond donors (Lipinski definition) is 4. The number of rotatable bonds is 5. The van der Waals surface area contributed by atoms with E-state index in [4.69, 9.17) is 0 Å². The molecule has 0 radical (unpaired) electrons. The molecule has 146 valence electrons. The van der Waals surface area contributed by atoms with Crippen LogP contribution in [0.3, 0.4) is 0 Å². The summed E-state index contributed by atoms with van der Waals surface area (Å²) in [4.78, 5) is 47.3. The molecule has 0 bridgehead atoms.